The molecule has 7 nitrogen and oxygen atoms in total. The first kappa shape index (κ1) is 19.6. The van der Waals surface area contributed by atoms with Crippen molar-refractivity contribution in [3.63, 3.8) is 0 Å². The molecule has 31 heavy (non-hydrogen) atoms. The van der Waals surface area contributed by atoms with Crippen molar-refractivity contribution >= 4 is 18.0 Å². The van der Waals surface area contributed by atoms with E-state index in [-0.39, 0.29) is 30.3 Å². The number of amides is 2. The zero-order valence-electron chi connectivity index (χ0n) is 17.0. The van der Waals surface area contributed by atoms with Crippen molar-refractivity contribution < 1.29 is 24.2 Å². The Morgan fingerprint density at radius 2 is 1.61 bits per heavy atom. The Morgan fingerprint density at radius 1 is 1.00 bits per heavy atom. The third-order valence-corrected chi connectivity index (χ3v) is 6.63. The number of alkyl carbamates (subject to hydrolysis) is 1. The first-order chi connectivity index (χ1) is 15.0. The highest BCUT2D eigenvalue weighted by atomic mass is 16.5. The highest BCUT2D eigenvalue weighted by Crippen LogP contribution is 2.44. The van der Waals surface area contributed by atoms with Gasteiger partial charge in [-0.3, -0.25) is 9.59 Å². The number of carbonyl (C=O) groups is 3. The second-order valence-electron chi connectivity index (χ2n) is 8.68. The predicted octanol–water partition coefficient (Wildman–Crippen LogP) is 2.89. The van der Waals surface area contributed by atoms with Gasteiger partial charge in [0.15, 0.2) is 0 Å². The van der Waals surface area contributed by atoms with Crippen molar-refractivity contribution in [2.45, 2.75) is 30.7 Å². The third-order valence-electron chi connectivity index (χ3n) is 6.63. The summed E-state index contributed by atoms with van der Waals surface area (Å²) in [6.07, 6.45) is 1.08. The number of ether oxygens (including phenoxy) is 1. The van der Waals surface area contributed by atoms with Crippen LogP contribution in [0.3, 0.4) is 0 Å². The predicted molar refractivity (Wildman–Crippen MR) is 112 cm³/mol. The van der Waals surface area contributed by atoms with E-state index in [1.807, 2.05) is 24.3 Å². The van der Waals surface area contributed by atoms with Crippen LogP contribution in [0.2, 0.25) is 0 Å². The van der Waals surface area contributed by atoms with Gasteiger partial charge in [-0.05, 0) is 47.4 Å². The van der Waals surface area contributed by atoms with Crippen LogP contribution in [-0.4, -0.2) is 41.8 Å². The van der Waals surface area contributed by atoms with Gasteiger partial charge in [0.1, 0.15) is 12.1 Å². The molecule has 0 spiro atoms. The van der Waals surface area contributed by atoms with Crippen molar-refractivity contribution in [2.75, 3.05) is 13.2 Å². The van der Waals surface area contributed by atoms with Crippen molar-refractivity contribution in [3.05, 3.63) is 59.7 Å². The molecule has 0 aliphatic heterocycles. The summed E-state index contributed by atoms with van der Waals surface area (Å²) in [6, 6.07) is 16.2. The fourth-order valence-corrected chi connectivity index (χ4v) is 4.53. The molecule has 2 fully saturated rings. The number of fused-ring (bicyclic) bond motifs is 3. The van der Waals surface area contributed by atoms with E-state index < -0.39 is 17.6 Å². The number of carboxylic acids is 1. The summed E-state index contributed by atoms with van der Waals surface area (Å²) in [6.45, 7) is 0.518. The zero-order chi connectivity index (χ0) is 21.6. The molecule has 0 radical (unpaired) electrons. The van der Waals surface area contributed by atoms with Crippen LogP contribution < -0.4 is 10.6 Å². The Balaban J connectivity index is 1.17. The number of nitrogens with one attached hydrogen (secondary N) is 2. The van der Waals surface area contributed by atoms with Crippen LogP contribution >= 0.6 is 0 Å². The monoisotopic (exact) mass is 420 g/mol. The number of carboxylic acid groups (broad SMARTS) is 1. The molecule has 2 atom stereocenters. The Morgan fingerprint density at radius 3 is 2.16 bits per heavy atom. The summed E-state index contributed by atoms with van der Waals surface area (Å²) in [7, 11) is 0. The van der Waals surface area contributed by atoms with E-state index >= 15 is 0 Å². The normalized spacial score (nSPS) is 22.1. The van der Waals surface area contributed by atoms with Crippen molar-refractivity contribution in [1.82, 2.24) is 10.6 Å². The van der Waals surface area contributed by atoms with Crippen LogP contribution in [0.25, 0.3) is 11.1 Å². The zero-order valence-corrected chi connectivity index (χ0v) is 17.0. The molecule has 0 heterocycles. The molecule has 2 saturated carbocycles. The molecule has 3 aliphatic rings. The summed E-state index contributed by atoms with van der Waals surface area (Å²) < 4.78 is 5.54. The lowest BCUT2D eigenvalue weighted by molar-refractivity contribution is -0.139. The first-order valence-corrected chi connectivity index (χ1v) is 10.6. The topological polar surface area (TPSA) is 105 Å². The quantitative estimate of drug-likeness (QED) is 0.639. The van der Waals surface area contributed by atoms with Crippen LogP contribution in [0, 0.1) is 11.8 Å². The van der Waals surface area contributed by atoms with E-state index in [9.17, 15) is 14.4 Å². The molecular formula is C24H24N2O5. The average Bonchev–Trinajstić information content (AvgIpc) is 3.68. The molecule has 7 heteroatoms. The Bertz CT molecular complexity index is 1020. The molecule has 3 aliphatic carbocycles. The van der Waals surface area contributed by atoms with Gasteiger partial charge in [0.05, 0.1) is 5.92 Å². The average molecular weight is 420 g/mol. The lowest BCUT2D eigenvalue weighted by Crippen LogP contribution is -2.49. The highest BCUT2D eigenvalue weighted by Gasteiger charge is 2.52. The largest absolute Gasteiger partial charge is 0.481 e. The molecule has 0 saturated heterocycles. The summed E-state index contributed by atoms with van der Waals surface area (Å²) >= 11 is 0. The summed E-state index contributed by atoms with van der Waals surface area (Å²) in [5, 5.41) is 14.5. The van der Waals surface area contributed by atoms with E-state index in [1.165, 1.54) is 0 Å². The Labute approximate surface area is 179 Å². The van der Waals surface area contributed by atoms with Gasteiger partial charge in [-0.1, -0.05) is 48.5 Å². The van der Waals surface area contributed by atoms with E-state index in [0.717, 1.165) is 22.3 Å². The van der Waals surface area contributed by atoms with Crippen LogP contribution in [0.1, 0.15) is 36.3 Å². The number of aliphatic carboxylic acids is 1. The summed E-state index contributed by atoms with van der Waals surface area (Å²) in [4.78, 5) is 35.9. The molecule has 2 aromatic rings. The standard InChI is InChI=1S/C24H24N2O5/c27-21(28)19-11-14(19)12-25-22(29)24(9-10-24)26-23(30)31-13-20-17-7-3-1-5-15(17)16-6-2-4-8-18(16)20/h1-8,14,19-20H,9-13H2,(H,25,29)(H,26,30)(H,27,28)/t14-,19-/m1/s1. The van der Waals surface area contributed by atoms with Crippen LogP contribution in [-0.2, 0) is 14.3 Å². The first-order valence-electron chi connectivity index (χ1n) is 10.6. The van der Waals surface area contributed by atoms with Gasteiger partial charge in [-0.2, -0.15) is 0 Å². The highest BCUT2D eigenvalue weighted by molar-refractivity contribution is 5.93. The van der Waals surface area contributed by atoms with Crippen molar-refractivity contribution in [3.8, 4) is 11.1 Å². The molecular weight excluding hydrogens is 396 g/mol. The minimum absolute atomic E-state index is 0.0216. The maximum absolute atomic E-state index is 12.5. The number of benzene rings is 2. The molecule has 0 unspecified atom stereocenters. The number of hydrogen-bond donors (Lipinski definition) is 3. The molecule has 2 aromatic carbocycles. The minimum atomic E-state index is -0.934. The van der Waals surface area contributed by atoms with E-state index in [0.29, 0.717) is 25.8 Å². The van der Waals surface area contributed by atoms with Gasteiger partial charge < -0.3 is 20.5 Å². The maximum Gasteiger partial charge on any atom is 0.408 e. The van der Waals surface area contributed by atoms with E-state index in [4.69, 9.17) is 9.84 Å². The SMILES string of the molecule is O=C(NC1(C(=O)NC[C@H]2C[C@H]2C(=O)O)CC1)OCC1c2ccccc2-c2ccccc21. The van der Waals surface area contributed by atoms with Gasteiger partial charge in [0.25, 0.3) is 0 Å². The number of carbonyl (C=O) groups excluding carboxylic acids is 2. The molecule has 2 amide bonds. The van der Waals surface area contributed by atoms with Gasteiger partial charge in [-0.25, -0.2) is 4.79 Å². The minimum Gasteiger partial charge on any atom is -0.481 e. The number of rotatable bonds is 7. The van der Waals surface area contributed by atoms with Crippen LogP contribution in [0.15, 0.2) is 48.5 Å². The summed E-state index contributed by atoms with van der Waals surface area (Å²) in [5.74, 6) is -1.52. The van der Waals surface area contributed by atoms with E-state index in [1.54, 1.807) is 0 Å². The molecule has 3 N–H and O–H groups in total. The summed E-state index contributed by atoms with van der Waals surface area (Å²) in [5.41, 5.74) is 3.64. The Kier molecular flexibility index (Phi) is 4.68. The van der Waals surface area contributed by atoms with Crippen molar-refractivity contribution in [1.29, 1.82) is 0 Å². The van der Waals surface area contributed by atoms with Gasteiger partial charge >= 0.3 is 12.1 Å². The molecule has 0 bridgehead atoms. The lowest BCUT2D eigenvalue weighted by atomic mass is 9.98. The smallest absolute Gasteiger partial charge is 0.408 e. The fourth-order valence-electron chi connectivity index (χ4n) is 4.53. The van der Waals surface area contributed by atoms with Crippen LogP contribution in [0.4, 0.5) is 4.79 Å². The maximum atomic E-state index is 12.5. The van der Waals surface area contributed by atoms with Gasteiger partial charge in [0, 0.05) is 12.5 Å². The molecule has 0 aromatic heterocycles. The molecule has 5 rings (SSSR count). The van der Waals surface area contributed by atoms with Gasteiger partial charge in [-0.15, -0.1) is 0 Å². The van der Waals surface area contributed by atoms with Gasteiger partial charge in [0.2, 0.25) is 5.91 Å². The van der Waals surface area contributed by atoms with E-state index in [2.05, 4.69) is 34.9 Å². The van der Waals surface area contributed by atoms with Crippen molar-refractivity contribution in [2.24, 2.45) is 11.8 Å². The number of hydrogen-bond acceptors (Lipinski definition) is 4. The Hall–Kier alpha value is -3.35. The fraction of sp³-hybridized carbons (Fsp3) is 0.375. The lowest BCUT2D eigenvalue weighted by Gasteiger charge is -2.19. The second kappa shape index (κ2) is 7.41. The third kappa shape index (κ3) is 3.65. The van der Waals surface area contributed by atoms with Crippen LogP contribution in [0.5, 0.6) is 0 Å². The second-order valence-corrected chi connectivity index (χ2v) is 8.68. The molecule has 160 valence electrons.